The second-order valence-electron chi connectivity index (χ2n) is 6.59. The molecule has 3 heterocycles. The first-order valence-electron chi connectivity index (χ1n) is 8.40. The van der Waals surface area contributed by atoms with Crippen LogP contribution in [0.1, 0.15) is 25.7 Å². The van der Waals surface area contributed by atoms with Crippen LogP contribution in [0.4, 0.5) is 5.69 Å². The van der Waals surface area contributed by atoms with Crippen molar-refractivity contribution >= 4 is 11.6 Å². The second-order valence-corrected chi connectivity index (χ2v) is 6.59. The number of nitrogens with zero attached hydrogens (tertiary/aromatic N) is 3. The van der Waals surface area contributed by atoms with E-state index in [-0.39, 0.29) is 17.9 Å². The van der Waals surface area contributed by atoms with Crippen molar-refractivity contribution in [3.63, 3.8) is 0 Å². The summed E-state index contributed by atoms with van der Waals surface area (Å²) in [6.45, 7) is 3.19. The summed E-state index contributed by atoms with van der Waals surface area (Å²) in [4.78, 5) is 21.5. The van der Waals surface area contributed by atoms with Gasteiger partial charge in [-0.2, -0.15) is 0 Å². The van der Waals surface area contributed by atoms with Gasteiger partial charge in [-0.15, -0.1) is 0 Å². The van der Waals surface area contributed by atoms with Gasteiger partial charge in [0.15, 0.2) is 0 Å². The molecule has 1 aliphatic carbocycles. The first-order valence-corrected chi connectivity index (χ1v) is 8.40. The average Bonchev–Trinajstić information content (AvgIpc) is 2.66. The number of carbonyl (C=O) groups is 1. The quantitative estimate of drug-likeness (QED) is 0.834. The predicted octanol–water partition coefficient (Wildman–Crippen LogP) is 1.69. The molecule has 0 unspecified atom stereocenters. The number of hydrogen-bond donors (Lipinski definition) is 0. The molecule has 2 saturated heterocycles. The first-order chi connectivity index (χ1) is 10.8. The van der Waals surface area contributed by atoms with Crippen LogP contribution in [-0.4, -0.2) is 54.2 Å². The van der Waals surface area contributed by atoms with Crippen LogP contribution in [0.25, 0.3) is 0 Å². The number of hydrogen-bond acceptors (Lipinski definition) is 4. The van der Waals surface area contributed by atoms with Gasteiger partial charge in [-0.25, -0.2) is 0 Å². The maximum Gasteiger partial charge on any atom is 0.232 e. The highest BCUT2D eigenvalue weighted by Gasteiger charge is 2.41. The van der Waals surface area contributed by atoms with Crippen molar-refractivity contribution in [3.8, 4) is 0 Å². The van der Waals surface area contributed by atoms with Crippen molar-refractivity contribution in [3.05, 3.63) is 24.5 Å². The molecular formula is C17H23N3O2. The Kier molecular flexibility index (Phi) is 3.84. The number of piperidine rings is 1. The van der Waals surface area contributed by atoms with Crippen molar-refractivity contribution in [2.45, 2.75) is 37.8 Å². The van der Waals surface area contributed by atoms with Gasteiger partial charge < -0.3 is 9.64 Å². The van der Waals surface area contributed by atoms with Gasteiger partial charge in [0.05, 0.1) is 30.5 Å². The Morgan fingerprint density at radius 2 is 2.14 bits per heavy atom. The molecule has 4 rings (SSSR count). The smallest absolute Gasteiger partial charge is 0.232 e. The van der Waals surface area contributed by atoms with E-state index in [1.54, 1.807) is 12.4 Å². The van der Waals surface area contributed by atoms with E-state index in [9.17, 15) is 4.79 Å². The number of anilines is 1. The molecule has 3 aliphatic rings. The Balaban J connectivity index is 1.50. The number of pyridine rings is 1. The highest BCUT2D eigenvalue weighted by molar-refractivity contribution is 5.95. The van der Waals surface area contributed by atoms with Gasteiger partial charge in [-0.1, -0.05) is 6.42 Å². The summed E-state index contributed by atoms with van der Waals surface area (Å²) in [5.41, 5.74) is 0.887. The van der Waals surface area contributed by atoms with Crippen molar-refractivity contribution in [2.75, 3.05) is 31.1 Å². The number of carbonyl (C=O) groups excluding carboxylic acids is 1. The third-order valence-electron chi connectivity index (χ3n) is 5.37. The topological polar surface area (TPSA) is 45.7 Å². The molecule has 2 aliphatic heterocycles. The molecule has 0 radical (unpaired) electrons. The highest BCUT2D eigenvalue weighted by Crippen LogP contribution is 2.32. The summed E-state index contributed by atoms with van der Waals surface area (Å²) >= 11 is 0. The van der Waals surface area contributed by atoms with Gasteiger partial charge in [0.1, 0.15) is 0 Å². The summed E-state index contributed by atoms with van der Waals surface area (Å²) in [5, 5.41) is 0. The Morgan fingerprint density at radius 3 is 2.86 bits per heavy atom. The SMILES string of the molecule is O=C1[C@@H]2CCN(C3CCC3)C[C@@H]2OCCN1c1cccnc1. The molecule has 3 fully saturated rings. The van der Waals surface area contributed by atoms with Gasteiger partial charge >= 0.3 is 0 Å². The minimum Gasteiger partial charge on any atom is -0.374 e. The molecule has 5 nitrogen and oxygen atoms in total. The second kappa shape index (κ2) is 5.97. The van der Waals surface area contributed by atoms with Crippen molar-refractivity contribution in [1.82, 2.24) is 9.88 Å². The van der Waals surface area contributed by atoms with Crippen molar-refractivity contribution in [2.24, 2.45) is 5.92 Å². The van der Waals surface area contributed by atoms with Crippen molar-refractivity contribution in [1.29, 1.82) is 0 Å². The third kappa shape index (κ3) is 2.52. The fourth-order valence-corrected chi connectivity index (χ4v) is 3.85. The lowest BCUT2D eigenvalue weighted by Gasteiger charge is -2.44. The molecule has 0 aromatic carbocycles. The van der Waals surface area contributed by atoms with Gasteiger partial charge in [0.25, 0.3) is 0 Å². The predicted molar refractivity (Wildman–Crippen MR) is 83.6 cm³/mol. The van der Waals surface area contributed by atoms with E-state index < -0.39 is 0 Å². The van der Waals surface area contributed by atoms with Crippen LogP contribution < -0.4 is 4.90 Å². The van der Waals surface area contributed by atoms with Gasteiger partial charge in [0, 0.05) is 25.3 Å². The lowest BCUT2D eigenvalue weighted by molar-refractivity contribution is -0.129. The molecule has 0 spiro atoms. The molecule has 22 heavy (non-hydrogen) atoms. The maximum atomic E-state index is 12.9. The van der Waals surface area contributed by atoms with Gasteiger partial charge in [-0.3, -0.25) is 14.7 Å². The lowest BCUT2D eigenvalue weighted by atomic mass is 9.86. The molecule has 2 atom stereocenters. The standard InChI is InChI=1S/C17H23N3O2/c21-17-15-6-8-19(13-3-1-4-13)12-16(15)22-10-9-20(17)14-5-2-7-18-11-14/h2,5,7,11,13,15-16H,1,3-4,6,8-10,12H2/t15-,16+/m1/s1. The Labute approximate surface area is 131 Å². The van der Waals surface area contributed by atoms with E-state index in [0.29, 0.717) is 13.2 Å². The Hall–Kier alpha value is -1.46. The molecule has 0 N–H and O–H groups in total. The largest absolute Gasteiger partial charge is 0.374 e. The van der Waals surface area contributed by atoms with Crippen LogP contribution >= 0.6 is 0 Å². The van der Waals surface area contributed by atoms with Crippen molar-refractivity contribution < 1.29 is 9.53 Å². The monoisotopic (exact) mass is 301 g/mol. The van der Waals surface area contributed by atoms with Crippen LogP contribution in [-0.2, 0) is 9.53 Å². The van der Waals surface area contributed by atoms with Crippen LogP contribution in [0.5, 0.6) is 0 Å². The number of fused-ring (bicyclic) bond motifs is 1. The van der Waals surface area contributed by atoms with E-state index in [1.807, 2.05) is 17.0 Å². The zero-order valence-corrected chi connectivity index (χ0v) is 12.9. The van der Waals surface area contributed by atoms with E-state index in [1.165, 1.54) is 19.3 Å². The Bertz CT molecular complexity index is 532. The number of likely N-dealkylation sites (tertiary alicyclic amines) is 1. The zero-order chi connectivity index (χ0) is 14.9. The first kappa shape index (κ1) is 14.2. The summed E-state index contributed by atoms with van der Waals surface area (Å²) in [6.07, 6.45) is 8.45. The molecule has 1 aromatic rings. The number of rotatable bonds is 2. The van der Waals surface area contributed by atoms with E-state index in [0.717, 1.165) is 31.2 Å². The Morgan fingerprint density at radius 1 is 1.23 bits per heavy atom. The molecule has 118 valence electrons. The summed E-state index contributed by atoms with van der Waals surface area (Å²) in [6, 6.07) is 4.57. The minimum absolute atomic E-state index is 0.000896. The maximum absolute atomic E-state index is 12.9. The number of amides is 1. The summed E-state index contributed by atoms with van der Waals surface area (Å²) in [7, 11) is 0. The summed E-state index contributed by atoms with van der Waals surface area (Å²) in [5.74, 6) is 0.211. The van der Waals surface area contributed by atoms with E-state index in [4.69, 9.17) is 4.74 Å². The molecular weight excluding hydrogens is 278 g/mol. The fourth-order valence-electron chi connectivity index (χ4n) is 3.85. The molecule has 5 heteroatoms. The van der Waals surface area contributed by atoms with Crippen LogP contribution in [0.15, 0.2) is 24.5 Å². The molecule has 0 bridgehead atoms. The average molecular weight is 301 g/mol. The third-order valence-corrected chi connectivity index (χ3v) is 5.37. The fraction of sp³-hybridized carbons (Fsp3) is 0.647. The molecule has 1 amide bonds. The zero-order valence-electron chi connectivity index (χ0n) is 12.9. The van der Waals surface area contributed by atoms with E-state index in [2.05, 4.69) is 9.88 Å². The van der Waals surface area contributed by atoms with E-state index >= 15 is 0 Å². The number of ether oxygens (including phenoxy) is 1. The highest BCUT2D eigenvalue weighted by atomic mass is 16.5. The van der Waals surface area contributed by atoms with Crippen LogP contribution in [0.3, 0.4) is 0 Å². The normalized spacial score (nSPS) is 30.5. The lowest BCUT2D eigenvalue weighted by Crippen LogP contribution is -2.53. The molecule has 1 saturated carbocycles. The van der Waals surface area contributed by atoms with Gasteiger partial charge in [0.2, 0.25) is 5.91 Å². The van der Waals surface area contributed by atoms with Gasteiger partial charge in [-0.05, 0) is 37.9 Å². The number of aromatic nitrogens is 1. The van der Waals surface area contributed by atoms with Crippen LogP contribution in [0.2, 0.25) is 0 Å². The minimum atomic E-state index is -0.000896. The molecule has 1 aromatic heterocycles. The van der Waals surface area contributed by atoms with Crippen LogP contribution in [0, 0.1) is 5.92 Å². The summed E-state index contributed by atoms with van der Waals surface area (Å²) < 4.78 is 6.05.